The number of nitrogens with two attached hydrogens (primary N) is 1. The van der Waals surface area contributed by atoms with E-state index in [1.807, 2.05) is 24.6 Å². The van der Waals surface area contributed by atoms with Gasteiger partial charge < -0.3 is 15.0 Å². The van der Waals surface area contributed by atoms with Crippen LogP contribution in [0, 0.1) is 12.9 Å². The molecule has 29 heavy (non-hydrogen) atoms. The fourth-order valence-corrected chi connectivity index (χ4v) is 6.88. The van der Waals surface area contributed by atoms with E-state index in [9.17, 15) is 8.60 Å². The largest absolute Gasteiger partial charge is 0.384 e. The van der Waals surface area contributed by atoms with Gasteiger partial charge in [0.15, 0.2) is 0 Å². The van der Waals surface area contributed by atoms with Gasteiger partial charge in [-0.2, -0.15) is 4.39 Å². The van der Waals surface area contributed by atoms with E-state index in [4.69, 9.17) is 15.5 Å². The maximum atomic E-state index is 13.5. The highest BCUT2D eigenvalue weighted by atomic mass is 32.2. The Balaban J connectivity index is 1.84. The average Bonchev–Trinajstić information content (AvgIpc) is 3.38. The van der Waals surface area contributed by atoms with E-state index in [0.29, 0.717) is 28.1 Å². The second-order valence-corrected chi connectivity index (χ2v) is 10.6. The van der Waals surface area contributed by atoms with E-state index in [1.165, 1.54) is 28.5 Å². The van der Waals surface area contributed by atoms with E-state index < -0.39 is 22.8 Å². The van der Waals surface area contributed by atoms with E-state index in [0.717, 1.165) is 22.6 Å². The molecule has 154 valence electrons. The zero-order valence-electron chi connectivity index (χ0n) is 16.1. The van der Waals surface area contributed by atoms with Crippen LogP contribution in [0.4, 0.5) is 4.39 Å². The Kier molecular flexibility index (Phi) is 5.85. The molecule has 0 radical (unpaired) electrons. The molecule has 0 saturated heterocycles. The molecule has 3 aromatic heterocycles. The fourth-order valence-electron chi connectivity index (χ4n) is 3.21. The highest BCUT2D eigenvalue weighted by Gasteiger charge is 2.39. The lowest BCUT2D eigenvalue weighted by Crippen LogP contribution is -2.26. The predicted octanol–water partition coefficient (Wildman–Crippen LogP) is 2.88. The molecule has 3 atom stereocenters. The summed E-state index contributed by atoms with van der Waals surface area (Å²) in [5, 5.41) is 2.54. The average molecular weight is 454 g/mol. The lowest BCUT2D eigenvalue weighted by Gasteiger charge is -2.17. The molecule has 3 unspecified atom stereocenters. The van der Waals surface area contributed by atoms with Gasteiger partial charge in [0, 0.05) is 47.2 Å². The van der Waals surface area contributed by atoms with Crippen molar-refractivity contribution < 1.29 is 13.3 Å². The van der Waals surface area contributed by atoms with Gasteiger partial charge in [-0.3, -0.25) is 4.21 Å². The van der Waals surface area contributed by atoms with Crippen LogP contribution in [0.1, 0.15) is 17.4 Å². The zero-order valence-corrected chi connectivity index (χ0v) is 18.5. The van der Waals surface area contributed by atoms with Gasteiger partial charge in [-0.25, -0.2) is 15.0 Å². The number of hydrogen-bond acceptors (Lipinski definition) is 8. The Hall–Kier alpha value is -1.66. The number of rotatable bonds is 6. The molecule has 4 heterocycles. The van der Waals surface area contributed by atoms with Gasteiger partial charge in [0.05, 0.1) is 24.5 Å². The lowest BCUT2D eigenvalue weighted by molar-refractivity contribution is 0.218. The van der Waals surface area contributed by atoms with Crippen LogP contribution in [0.5, 0.6) is 0 Å². The maximum Gasteiger partial charge on any atom is 0.224 e. The Morgan fingerprint density at radius 3 is 2.83 bits per heavy atom. The molecule has 3 aromatic rings. The molecule has 11 heteroatoms. The number of pyridine rings is 1. The summed E-state index contributed by atoms with van der Waals surface area (Å²) in [4.78, 5) is 13.0. The van der Waals surface area contributed by atoms with E-state index in [1.54, 1.807) is 13.3 Å². The second kappa shape index (κ2) is 8.23. The molecule has 0 saturated carbocycles. The summed E-state index contributed by atoms with van der Waals surface area (Å²) in [5.41, 5.74) is 9.69. The van der Waals surface area contributed by atoms with Gasteiger partial charge in [0.25, 0.3) is 0 Å². The van der Waals surface area contributed by atoms with Gasteiger partial charge in [0.1, 0.15) is 26.1 Å². The third-order valence-corrected chi connectivity index (χ3v) is 9.03. The van der Waals surface area contributed by atoms with Crippen LogP contribution in [0.15, 0.2) is 22.7 Å². The third-order valence-electron chi connectivity index (χ3n) is 4.82. The molecular formula is C18H20FN5O2S3. The number of fused-ring (bicyclic) bond motifs is 1. The molecule has 0 spiro atoms. The number of aryl methyl sites for hydroxylation is 1. The number of halogens is 1. The van der Waals surface area contributed by atoms with Crippen LogP contribution in [0.3, 0.4) is 0 Å². The molecule has 2 N–H and O–H groups in total. The first-order chi connectivity index (χ1) is 13.9. The number of aromatic nitrogens is 4. The van der Waals surface area contributed by atoms with Crippen LogP contribution in [-0.4, -0.2) is 47.8 Å². The summed E-state index contributed by atoms with van der Waals surface area (Å²) in [6.45, 7) is 2.32. The third kappa shape index (κ3) is 3.77. The Bertz CT molecular complexity index is 1080. The van der Waals surface area contributed by atoms with Gasteiger partial charge in [-0.05, 0) is 13.0 Å². The van der Waals surface area contributed by atoms with Gasteiger partial charge >= 0.3 is 0 Å². The number of hydrogen-bond donors (Lipinski definition) is 1. The van der Waals surface area contributed by atoms with Crippen LogP contribution in [0.2, 0.25) is 0 Å². The first-order valence-corrected chi connectivity index (χ1v) is 12.0. The summed E-state index contributed by atoms with van der Waals surface area (Å²) < 4.78 is 33.0. The van der Waals surface area contributed by atoms with Gasteiger partial charge in [-0.15, -0.1) is 11.3 Å². The molecule has 7 nitrogen and oxygen atoms in total. The van der Waals surface area contributed by atoms with Crippen molar-refractivity contribution in [2.45, 2.75) is 22.6 Å². The SMILES string of the molecule is COCCS(=O)C1Sc2nc(-c3nc(F)cs3)cc(-c3cnc(C)n3C)c2C1N. The molecule has 1 aliphatic rings. The minimum atomic E-state index is -1.19. The lowest BCUT2D eigenvalue weighted by atomic mass is 10.0. The maximum absolute atomic E-state index is 13.5. The molecule has 4 rings (SSSR count). The topological polar surface area (TPSA) is 95.9 Å². The molecule has 0 aromatic carbocycles. The van der Waals surface area contributed by atoms with Crippen LogP contribution in [-0.2, 0) is 22.6 Å². The number of nitrogens with zero attached hydrogens (tertiary/aromatic N) is 4. The number of ether oxygens (including phenoxy) is 1. The van der Waals surface area contributed by atoms with Crippen LogP contribution < -0.4 is 5.73 Å². The van der Waals surface area contributed by atoms with E-state index >= 15 is 0 Å². The molecule has 0 amide bonds. The Morgan fingerprint density at radius 2 is 2.21 bits per heavy atom. The first kappa shape index (κ1) is 20.6. The standard InChI is InChI=1S/C18H20FN5O2S3/c1-9-21-7-12(24(9)2)10-6-11(16-23-13(19)8-27-16)22-17-14(10)15(20)18(28-17)29(25)5-4-26-3/h6-8,15,18H,4-5,20H2,1-3H3. The smallest absolute Gasteiger partial charge is 0.224 e. The zero-order chi connectivity index (χ0) is 20.7. The summed E-state index contributed by atoms with van der Waals surface area (Å²) >= 11 is 2.59. The van der Waals surface area contributed by atoms with E-state index in [2.05, 4.69) is 9.97 Å². The van der Waals surface area contributed by atoms with Crippen molar-refractivity contribution in [3.8, 4) is 22.0 Å². The highest BCUT2D eigenvalue weighted by Crippen LogP contribution is 2.48. The minimum absolute atomic E-state index is 0.330. The fraction of sp³-hybridized carbons (Fsp3) is 0.389. The molecule has 0 aliphatic carbocycles. The molecule has 1 aliphatic heterocycles. The molecule has 0 fully saturated rings. The minimum Gasteiger partial charge on any atom is -0.384 e. The monoisotopic (exact) mass is 453 g/mol. The number of methoxy groups -OCH3 is 1. The van der Waals surface area contributed by atoms with E-state index in [-0.39, 0.29) is 4.58 Å². The summed E-state index contributed by atoms with van der Waals surface area (Å²) in [6, 6.07) is 1.42. The second-order valence-electron chi connectivity index (χ2n) is 6.59. The Morgan fingerprint density at radius 1 is 1.41 bits per heavy atom. The number of thioether (sulfide) groups is 1. The van der Waals surface area contributed by atoms with Crippen molar-refractivity contribution in [3.05, 3.63) is 35.0 Å². The van der Waals surface area contributed by atoms with Gasteiger partial charge in [-0.1, -0.05) is 11.8 Å². The number of thiazole rings is 1. The quantitative estimate of drug-likeness (QED) is 0.613. The van der Waals surface area contributed by atoms with Crippen molar-refractivity contribution in [2.24, 2.45) is 12.8 Å². The van der Waals surface area contributed by atoms with Gasteiger partial charge in [0.2, 0.25) is 5.95 Å². The first-order valence-electron chi connectivity index (χ1n) is 8.84. The number of imidazole rings is 1. The van der Waals surface area contributed by atoms with Crippen molar-refractivity contribution in [3.63, 3.8) is 0 Å². The normalized spacial score (nSPS) is 19.5. The van der Waals surface area contributed by atoms with Crippen LogP contribution >= 0.6 is 23.1 Å². The molecular weight excluding hydrogens is 433 g/mol. The summed E-state index contributed by atoms with van der Waals surface area (Å²) in [6.07, 6.45) is 1.78. The highest BCUT2D eigenvalue weighted by molar-refractivity contribution is 8.11. The van der Waals surface area contributed by atoms with Crippen molar-refractivity contribution in [2.75, 3.05) is 19.5 Å². The summed E-state index contributed by atoms with van der Waals surface area (Å²) in [7, 11) is 2.32. The Labute approximate surface area is 178 Å². The molecule has 0 bridgehead atoms. The van der Waals surface area contributed by atoms with Crippen molar-refractivity contribution in [1.82, 2.24) is 19.5 Å². The summed E-state index contributed by atoms with van der Waals surface area (Å²) in [5.74, 6) is 0.723. The van der Waals surface area contributed by atoms with Crippen LogP contribution in [0.25, 0.3) is 22.0 Å². The predicted molar refractivity (Wildman–Crippen MR) is 114 cm³/mol. The van der Waals surface area contributed by atoms with Crippen molar-refractivity contribution in [1.29, 1.82) is 0 Å². The van der Waals surface area contributed by atoms with Crippen molar-refractivity contribution >= 4 is 33.9 Å².